The van der Waals surface area contributed by atoms with E-state index in [1.807, 2.05) is 16.4 Å². The number of hydrogen-bond acceptors (Lipinski definition) is 4. The molecular weight excluding hydrogens is 332 g/mol. The van der Waals surface area contributed by atoms with Crippen molar-refractivity contribution in [3.63, 3.8) is 0 Å². The van der Waals surface area contributed by atoms with Crippen LogP contribution in [0.25, 0.3) is 5.69 Å². The Morgan fingerprint density at radius 3 is 2.28 bits per heavy atom. The number of amides is 1. The van der Waals surface area contributed by atoms with Gasteiger partial charge in [0.05, 0.1) is 5.75 Å². The van der Waals surface area contributed by atoms with Crippen molar-refractivity contribution < 1.29 is 4.79 Å². The van der Waals surface area contributed by atoms with Crippen molar-refractivity contribution in [1.82, 2.24) is 19.7 Å². The lowest BCUT2D eigenvalue weighted by Gasteiger charge is -2.21. The molecule has 2 aromatic rings. The summed E-state index contributed by atoms with van der Waals surface area (Å²) in [5, 5.41) is 9.23. The Labute approximate surface area is 154 Å². The minimum absolute atomic E-state index is 0.169. The topological polar surface area (TPSA) is 51.0 Å². The molecule has 0 bridgehead atoms. The molecule has 0 radical (unpaired) electrons. The smallest absolute Gasteiger partial charge is 0.233 e. The standard InChI is InChI=1S/C19H28N4OS/c1-5-12-22(13-6-2)18(24)14-25-19-21-20-15(4)23(19)17-10-8-16(7-3)9-11-17/h8-11H,5-7,12-14H2,1-4H3. The lowest BCUT2D eigenvalue weighted by atomic mass is 10.1. The van der Waals surface area contributed by atoms with Crippen LogP contribution in [0.5, 0.6) is 0 Å². The number of aromatic nitrogens is 3. The van der Waals surface area contributed by atoms with Crippen LogP contribution in [-0.4, -0.2) is 44.4 Å². The van der Waals surface area contributed by atoms with Gasteiger partial charge in [-0.1, -0.05) is 44.7 Å². The number of carbonyl (C=O) groups excluding carboxylic acids is 1. The van der Waals surface area contributed by atoms with E-state index in [1.54, 1.807) is 0 Å². The molecule has 0 atom stereocenters. The van der Waals surface area contributed by atoms with Crippen LogP contribution in [0.4, 0.5) is 0 Å². The van der Waals surface area contributed by atoms with Crippen molar-refractivity contribution in [2.45, 2.75) is 52.1 Å². The Bertz CT molecular complexity index is 675. The fourth-order valence-corrected chi connectivity index (χ4v) is 3.63. The van der Waals surface area contributed by atoms with Crippen LogP contribution in [0.1, 0.15) is 45.0 Å². The maximum atomic E-state index is 12.5. The number of nitrogens with zero attached hydrogens (tertiary/aromatic N) is 4. The summed E-state index contributed by atoms with van der Waals surface area (Å²) in [6.07, 6.45) is 2.98. The first-order valence-electron chi connectivity index (χ1n) is 9.02. The van der Waals surface area contributed by atoms with Crippen molar-refractivity contribution in [1.29, 1.82) is 0 Å². The van der Waals surface area contributed by atoms with Crippen molar-refractivity contribution in [3.8, 4) is 5.69 Å². The molecule has 0 saturated carbocycles. The first-order chi connectivity index (χ1) is 12.1. The number of aryl methyl sites for hydroxylation is 2. The normalized spacial score (nSPS) is 10.9. The highest BCUT2D eigenvalue weighted by molar-refractivity contribution is 7.99. The second kappa shape index (κ2) is 9.61. The van der Waals surface area contributed by atoms with Gasteiger partial charge in [0.25, 0.3) is 0 Å². The highest BCUT2D eigenvalue weighted by atomic mass is 32.2. The van der Waals surface area contributed by atoms with Crippen molar-refractivity contribution in [2.24, 2.45) is 0 Å². The molecule has 0 saturated heterocycles. The Morgan fingerprint density at radius 1 is 1.08 bits per heavy atom. The second-order valence-corrected chi connectivity index (χ2v) is 7.00. The van der Waals surface area contributed by atoms with E-state index in [2.05, 4.69) is 55.2 Å². The molecule has 1 aromatic carbocycles. The summed E-state index contributed by atoms with van der Waals surface area (Å²) >= 11 is 1.46. The molecule has 0 fully saturated rings. The van der Waals surface area contributed by atoms with Crippen molar-refractivity contribution in [3.05, 3.63) is 35.7 Å². The zero-order valence-corrected chi connectivity index (χ0v) is 16.5. The monoisotopic (exact) mass is 360 g/mol. The van der Waals surface area contributed by atoms with Gasteiger partial charge in [-0.3, -0.25) is 9.36 Å². The van der Waals surface area contributed by atoms with E-state index >= 15 is 0 Å². The summed E-state index contributed by atoms with van der Waals surface area (Å²) in [6.45, 7) is 9.91. The summed E-state index contributed by atoms with van der Waals surface area (Å²) in [4.78, 5) is 14.4. The molecule has 1 aromatic heterocycles. The maximum absolute atomic E-state index is 12.5. The fourth-order valence-electron chi connectivity index (χ4n) is 2.73. The molecule has 25 heavy (non-hydrogen) atoms. The zero-order valence-electron chi connectivity index (χ0n) is 15.7. The molecule has 0 spiro atoms. The van der Waals surface area contributed by atoms with E-state index in [9.17, 15) is 4.79 Å². The number of rotatable bonds is 9. The highest BCUT2D eigenvalue weighted by Crippen LogP contribution is 2.22. The summed E-state index contributed by atoms with van der Waals surface area (Å²) in [7, 11) is 0. The fraction of sp³-hybridized carbons (Fsp3) is 0.526. The number of carbonyl (C=O) groups is 1. The third-order valence-electron chi connectivity index (χ3n) is 4.06. The zero-order chi connectivity index (χ0) is 18.2. The van der Waals surface area contributed by atoms with Gasteiger partial charge >= 0.3 is 0 Å². The van der Waals surface area contributed by atoms with Crippen LogP contribution in [0.15, 0.2) is 29.4 Å². The van der Waals surface area contributed by atoms with Gasteiger partial charge in [0.2, 0.25) is 5.91 Å². The molecule has 1 heterocycles. The first kappa shape index (κ1) is 19.5. The summed E-state index contributed by atoms with van der Waals surface area (Å²) in [5.74, 6) is 1.39. The van der Waals surface area contributed by atoms with Crippen LogP contribution in [0.3, 0.4) is 0 Å². The minimum atomic E-state index is 0.169. The first-order valence-corrected chi connectivity index (χ1v) is 10.0. The van der Waals surface area contributed by atoms with Gasteiger partial charge in [-0.15, -0.1) is 10.2 Å². The molecular formula is C19H28N4OS. The molecule has 0 aliphatic heterocycles. The largest absolute Gasteiger partial charge is 0.342 e. The van der Waals surface area contributed by atoms with E-state index < -0.39 is 0 Å². The molecule has 136 valence electrons. The molecule has 0 N–H and O–H groups in total. The van der Waals surface area contributed by atoms with E-state index in [0.29, 0.717) is 5.75 Å². The molecule has 5 nitrogen and oxygen atoms in total. The van der Waals surface area contributed by atoms with E-state index in [1.165, 1.54) is 17.3 Å². The van der Waals surface area contributed by atoms with Gasteiger partial charge < -0.3 is 4.90 Å². The molecule has 0 aliphatic rings. The average Bonchev–Trinajstić information content (AvgIpc) is 3.00. The Hall–Kier alpha value is -1.82. The number of thioether (sulfide) groups is 1. The quantitative estimate of drug-likeness (QED) is 0.637. The van der Waals surface area contributed by atoms with Gasteiger partial charge in [0, 0.05) is 18.8 Å². The Kier molecular flexibility index (Phi) is 7.50. The molecule has 0 unspecified atom stereocenters. The van der Waals surface area contributed by atoms with Gasteiger partial charge in [-0.2, -0.15) is 0 Å². The van der Waals surface area contributed by atoms with Crippen molar-refractivity contribution >= 4 is 17.7 Å². The Balaban J connectivity index is 2.11. The highest BCUT2D eigenvalue weighted by Gasteiger charge is 2.16. The minimum Gasteiger partial charge on any atom is -0.342 e. The van der Waals surface area contributed by atoms with Gasteiger partial charge in [0.1, 0.15) is 5.82 Å². The van der Waals surface area contributed by atoms with Crippen molar-refractivity contribution in [2.75, 3.05) is 18.8 Å². The van der Waals surface area contributed by atoms with Gasteiger partial charge in [-0.05, 0) is 43.9 Å². The van der Waals surface area contributed by atoms with E-state index in [4.69, 9.17) is 0 Å². The predicted molar refractivity (Wildman–Crippen MR) is 103 cm³/mol. The molecule has 2 rings (SSSR count). The van der Waals surface area contributed by atoms with Crippen LogP contribution >= 0.6 is 11.8 Å². The Morgan fingerprint density at radius 2 is 1.72 bits per heavy atom. The lowest BCUT2D eigenvalue weighted by Crippen LogP contribution is -2.33. The third-order valence-corrected chi connectivity index (χ3v) is 4.98. The third kappa shape index (κ3) is 5.08. The SMILES string of the molecule is CCCN(CCC)C(=O)CSc1nnc(C)n1-c1ccc(CC)cc1. The average molecular weight is 361 g/mol. The van der Waals surface area contributed by atoms with Gasteiger partial charge in [-0.25, -0.2) is 0 Å². The van der Waals surface area contributed by atoms with E-state index in [0.717, 1.165) is 49.0 Å². The molecule has 0 aliphatic carbocycles. The predicted octanol–water partition coefficient (Wildman–Crippen LogP) is 3.88. The van der Waals surface area contributed by atoms with E-state index in [-0.39, 0.29) is 5.91 Å². The summed E-state index contributed by atoms with van der Waals surface area (Å²) < 4.78 is 2.02. The molecule has 1 amide bonds. The van der Waals surface area contributed by atoms with Gasteiger partial charge in [0.15, 0.2) is 5.16 Å². The molecule has 6 heteroatoms. The van der Waals surface area contributed by atoms with Crippen LogP contribution in [0.2, 0.25) is 0 Å². The summed E-state index contributed by atoms with van der Waals surface area (Å²) in [6, 6.07) is 8.42. The maximum Gasteiger partial charge on any atom is 0.233 e. The summed E-state index contributed by atoms with van der Waals surface area (Å²) in [5.41, 5.74) is 2.34. The van der Waals surface area contributed by atoms with Crippen LogP contribution in [-0.2, 0) is 11.2 Å². The lowest BCUT2D eigenvalue weighted by molar-refractivity contribution is -0.128. The number of hydrogen-bond donors (Lipinski definition) is 0. The van der Waals surface area contributed by atoms with Crippen LogP contribution < -0.4 is 0 Å². The van der Waals surface area contributed by atoms with Crippen LogP contribution in [0, 0.1) is 6.92 Å². The number of benzene rings is 1. The second-order valence-electron chi connectivity index (χ2n) is 6.05.